The molecule has 9 nitrogen and oxygen atoms in total. The summed E-state index contributed by atoms with van der Waals surface area (Å²) >= 11 is 1.44. The Kier molecular flexibility index (Phi) is 4.06. The second-order valence-electron chi connectivity index (χ2n) is 4.44. The van der Waals surface area contributed by atoms with Gasteiger partial charge < -0.3 is 11.1 Å². The molecule has 0 bridgehead atoms. The SMILES string of the molecule is Nc1nc(NCc2nnc(-c3ccccc3)s2)ncc1[N+](=O)[O-]. The maximum absolute atomic E-state index is 10.7. The highest BCUT2D eigenvalue weighted by Crippen LogP contribution is 2.23. The Hall–Kier alpha value is -3.14. The van der Waals surface area contributed by atoms with Crippen molar-refractivity contribution in [1.82, 2.24) is 20.2 Å². The number of rotatable bonds is 5. The summed E-state index contributed by atoms with van der Waals surface area (Å²) in [7, 11) is 0. The third kappa shape index (κ3) is 3.37. The first-order valence-corrected chi connectivity index (χ1v) is 7.33. The Balaban J connectivity index is 1.68. The smallest absolute Gasteiger partial charge is 0.329 e. The van der Waals surface area contributed by atoms with Crippen LogP contribution in [0.15, 0.2) is 36.5 Å². The van der Waals surface area contributed by atoms with Crippen LogP contribution < -0.4 is 11.1 Å². The van der Waals surface area contributed by atoms with E-state index in [1.807, 2.05) is 30.3 Å². The van der Waals surface area contributed by atoms with Crippen LogP contribution >= 0.6 is 11.3 Å². The number of anilines is 2. The van der Waals surface area contributed by atoms with Gasteiger partial charge in [0.1, 0.15) is 16.2 Å². The van der Waals surface area contributed by atoms with Crippen LogP contribution in [0.25, 0.3) is 10.6 Å². The largest absolute Gasteiger partial charge is 0.378 e. The lowest BCUT2D eigenvalue weighted by molar-refractivity contribution is -0.384. The van der Waals surface area contributed by atoms with Gasteiger partial charge in [-0.25, -0.2) is 4.98 Å². The number of aromatic nitrogens is 4. The molecule has 10 heteroatoms. The van der Waals surface area contributed by atoms with Crippen molar-refractivity contribution in [3.8, 4) is 10.6 Å². The van der Waals surface area contributed by atoms with Crippen LogP contribution in [0.2, 0.25) is 0 Å². The number of nitrogens with zero attached hydrogens (tertiary/aromatic N) is 5. The fourth-order valence-electron chi connectivity index (χ4n) is 1.79. The number of nitro groups is 1. The fourth-order valence-corrected chi connectivity index (χ4v) is 2.58. The molecule has 2 heterocycles. The van der Waals surface area contributed by atoms with Gasteiger partial charge in [-0.2, -0.15) is 4.98 Å². The van der Waals surface area contributed by atoms with Crippen molar-refractivity contribution in [3.63, 3.8) is 0 Å². The molecule has 0 spiro atoms. The number of hydrogen-bond donors (Lipinski definition) is 2. The molecule has 0 atom stereocenters. The van der Waals surface area contributed by atoms with Gasteiger partial charge in [0.15, 0.2) is 0 Å². The first kappa shape index (κ1) is 14.8. The molecule has 3 rings (SSSR count). The van der Waals surface area contributed by atoms with E-state index in [-0.39, 0.29) is 17.5 Å². The molecule has 3 aromatic rings. The average Bonchev–Trinajstić information content (AvgIpc) is 3.02. The molecule has 0 unspecified atom stereocenters. The van der Waals surface area contributed by atoms with Crippen LogP contribution in [-0.2, 0) is 6.54 Å². The minimum atomic E-state index is -0.629. The molecule has 3 N–H and O–H groups in total. The van der Waals surface area contributed by atoms with Crippen LogP contribution in [0.4, 0.5) is 17.5 Å². The summed E-state index contributed by atoms with van der Waals surface area (Å²) in [6, 6.07) is 9.71. The first-order chi connectivity index (χ1) is 11.1. The normalized spacial score (nSPS) is 10.4. The molecule has 0 aliphatic rings. The predicted octanol–water partition coefficient (Wildman–Crippen LogP) is 2.10. The number of benzene rings is 1. The molecule has 0 fully saturated rings. The van der Waals surface area contributed by atoms with E-state index in [2.05, 4.69) is 25.5 Å². The minimum absolute atomic E-state index is 0.185. The summed E-state index contributed by atoms with van der Waals surface area (Å²) in [4.78, 5) is 17.7. The van der Waals surface area contributed by atoms with Gasteiger partial charge in [-0.1, -0.05) is 41.7 Å². The number of nitrogens with two attached hydrogens (primary N) is 1. The lowest BCUT2D eigenvalue weighted by Crippen LogP contribution is -2.07. The number of hydrogen-bond acceptors (Lipinski definition) is 9. The topological polar surface area (TPSA) is 133 Å². The van der Waals surface area contributed by atoms with E-state index < -0.39 is 4.92 Å². The average molecular weight is 329 g/mol. The van der Waals surface area contributed by atoms with Gasteiger partial charge >= 0.3 is 5.69 Å². The monoisotopic (exact) mass is 329 g/mol. The predicted molar refractivity (Wildman–Crippen MR) is 85.8 cm³/mol. The summed E-state index contributed by atoms with van der Waals surface area (Å²) in [6.45, 7) is 0.349. The van der Waals surface area contributed by atoms with E-state index in [1.54, 1.807) is 0 Å². The molecule has 0 saturated heterocycles. The summed E-state index contributed by atoms with van der Waals surface area (Å²) in [5.74, 6) is 0.0132. The van der Waals surface area contributed by atoms with E-state index in [9.17, 15) is 10.1 Å². The second-order valence-corrected chi connectivity index (χ2v) is 5.50. The van der Waals surface area contributed by atoms with Crippen LogP contribution in [0, 0.1) is 10.1 Å². The lowest BCUT2D eigenvalue weighted by Gasteiger charge is -2.02. The van der Waals surface area contributed by atoms with Crippen LogP contribution in [0.3, 0.4) is 0 Å². The van der Waals surface area contributed by atoms with Crippen molar-refractivity contribution in [2.45, 2.75) is 6.54 Å². The Morgan fingerprint density at radius 2 is 2.04 bits per heavy atom. The highest BCUT2D eigenvalue weighted by Gasteiger charge is 2.14. The summed E-state index contributed by atoms with van der Waals surface area (Å²) < 4.78 is 0. The van der Waals surface area contributed by atoms with E-state index in [0.29, 0.717) is 6.54 Å². The van der Waals surface area contributed by atoms with Crippen molar-refractivity contribution >= 4 is 28.8 Å². The van der Waals surface area contributed by atoms with Gasteiger partial charge in [0.05, 0.1) is 11.5 Å². The molecule has 0 amide bonds. The van der Waals surface area contributed by atoms with E-state index in [1.165, 1.54) is 11.3 Å². The fraction of sp³-hybridized carbons (Fsp3) is 0.0769. The van der Waals surface area contributed by atoms with Crippen molar-refractivity contribution in [2.24, 2.45) is 0 Å². The van der Waals surface area contributed by atoms with E-state index >= 15 is 0 Å². The van der Waals surface area contributed by atoms with E-state index in [0.717, 1.165) is 21.8 Å². The van der Waals surface area contributed by atoms with Gasteiger partial charge in [-0.3, -0.25) is 10.1 Å². The molecule has 23 heavy (non-hydrogen) atoms. The minimum Gasteiger partial charge on any atom is -0.378 e. The molecule has 1 aromatic carbocycles. The Bertz CT molecular complexity index is 837. The maximum Gasteiger partial charge on any atom is 0.329 e. The number of nitrogen functional groups attached to an aromatic ring is 1. The van der Waals surface area contributed by atoms with Gasteiger partial charge in [-0.05, 0) is 0 Å². The first-order valence-electron chi connectivity index (χ1n) is 6.52. The molecule has 0 aliphatic heterocycles. The zero-order chi connectivity index (χ0) is 16.2. The summed E-state index contributed by atoms with van der Waals surface area (Å²) in [6.07, 6.45) is 1.07. The third-order valence-corrected chi connectivity index (χ3v) is 3.85. The van der Waals surface area contributed by atoms with Crippen LogP contribution in [0.1, 0.15) is 5.01 Å². The third-order valence-electron chi connectivity index (χ3n) is 2.88. The Labute approximate surface area is 134 Å². The van der Waals surface area contributed by atoms with Gasteiger partial charge in [0.25, 0.3) is 0 Å². The standard InChI is InChI=1S/C13H11N7O2S/c14-11-9(20(21)22)6-15-13(17-11)16-7-10-18-19-12(23-10)8-4-2-1-3-5-8/h1-6H,7H2,(H3,14,15,16,17). The van der Waals surface area contributed by atoms with Gasteiger partial charge in [0.2, 0.25) is 11.8 Å². The van der Waals surface area contributed by atoms with E-state index in [4.69, 9.17) is 5.73 Å². The second kappa shape index (κ2) is 6.32. The summed E-state index contributed by atoms with van der Waals surface area (Å²) in [5, 5.41) is 23.3. The Morgan fingerprint density at radius 1 is 1.26 bits per heavy atom. The molecule has 0 saturated carbocycles. The molecule has 0 aliphatic carbocycles. The van der Waals surface area contributed by atoms with Crippen LogP contribution in [-0.4, -0.2) is 25.1 Å². The molecule has 0 radical (unpaired) electrons. The zero-order valence-corrected chi connectivity index (χ0v) is 12.5. The molecule has 2 aromatic heterocycles. The highest BCUT2D eigenvalue weighted by molar-refractivity contribution is 7.14. The van der Waals surface area contributed by atoms with Crippen molar-refractivity contribution in [2.75, 3.05) is 11.1 Å². The van der Waals surface area contributed by atoms with Gasteiger partial charge in [-0.15, -0.1) is 10.2 Å². The van der Waals surface area contributed by atoms with Gasteiger partial charge in [0, 0.05) is 5.56 Å². The lowest BCUT2D eigenvalue weighted by atomic mass is 10.2. The molecule has 116 valence electrons. The maximum atomic E-state index is 10.7. The molecular formula is C13H11N7O2S. The zero-order valence-electron chi connectivity index (χ0n) is 11.7. The van der Waals surface area contributed by atoms with Crippen molar-refractivity contribution < 1.29 is 4.92 Å². The quantitative estimate of drug-likeness (QED) is 0.537. The number of nitrogens with one attached hydrogen (secondary N) is 1. The van der Waals surface area contributed by atoms with Crippen LogP contribution in [0.5, 0.6) is 0 Å². The highest BCUT2D eigenvalue weighted by atomic mass is 32.1. The van der Waals surface area contributed by atoms with Crippen molar-refractivity contribution in [1.29, 1.82) is 0 Å². The molecular weight excluding hydrogens is 318 g/mol. The Morgan fingerprint density at radius 3 is 2.74 bits per heavy atom. The summed E-state index contributed by atoms with van der Waals surface area (Å²) in [5.41, 5.74) is 6.18. The van der Waals surface area contributed by atoms with Crippen molar-refractivity contribution in [3.05, 3.63) is 51.7 Å².